The van der Waals surface area contributed by atoms with Crippen LogP contribution in [-0.2, 0) is 0 Å². The predicted molar refractivity (Wildman–Crippen MR) is 48.2 cm³/mol. The lowest BCUT2D eigenvalue weighted by molar-refractivity contribution is 0.0367. The first kappa shape index (κ1) is 10.8. The molecule has 7 heteroatoms. The standard InChI is InChI=1S/C7H8F2N2O2S/c1-7(8,9)3-10-6-11-4(2-14-6)5(12)13/h2H,3H2,1H3,(H,10,11)(H,12,13). The highest BCUT2D eigenvalue weighted by molar-refractivity contribution is 7.13. The highest BCUT2D eigenvalue weighted by Crippen LogP contribution is 2.18. The van der Waals surface area contributed by atoms with E-state index in [0.29, 0.717) is 0 Å². The average molecular weight is 222 g/mol. The summed E-state index contributed by atoms with van der Waals surface area (Å²) in [5.41, 5.74) is -0.142. The number of nitrogens with zero attached hydrogens (tertiary/aromatic N) is 1. The van der Waals surface area contributed by atoms with Crippen molar-refractivity contribution in [2.45, 2.75) is 12.8 Å². The van der Waals surface area contributed by atoms with Crippen LogP contribution in [0.2, 0.25) is 0 Å². The molecule has 0 saturated carbocycles. The number of carbonyl (C=O) groups is 1. The average Bonchev–Trinajstić information content (AvgIpc) is 2.47. The summed E-state index contributed by atoms with van der Waals surface area (Å²) in [7, 11) is 0. The summed E-state index contributed by atoms with van der Waals surface area (Å²) in [6, 6.07) is 0. The summed E-state index contributed by atoms with van der Waals surface area (Å²) in [5.74, 6) is -4.01. The number of nitrogens with one attached hydrogen (secondary N) is 1. The van der Waals surface area contributed by atoms with Gasteiger partial charge in [0.2, 0.25) is 0 Å². The molecular formula is C7H8F2N2O2S. The molecular weight excluding hydrogens is 214 g/mol. The number of rotatable bonds is 4. The first-order valence-electron chi connectivity index (χ1n) is 3.69. The number of anilines is 1. The van der Waals surface area contributed by atoms with Crippen molar-refractivity contribution in [2.75, 3.05) is 11.9 Å². The minimum absolute atomic E-state index is 0.142. The van der Waals surface area contributed by atoms with Gasteiger partial charge in [-0.3, -0.25) is 0 Å². The number of hydrogen-bond acceptors (Lipinski definition) is 4. The van der Waals surface area contributed by atoms with Gasteiger partial charge in [0.15, 0.2) is 10.8 Å². The van der Waals surface area contributed by atoms with E-state index in [0.717, 1.165) is 18.3 Å². The molecule has 0 saturated heterocycles. The van der Waals surface area contributed by atoms with Crippen molar-refractivity contribution in [3.05, 3.63) is 11.1 Å². The number of halogens is 2. The molecule has 14 heavy (non-hydrogen) atoms. The molecule has 2 N–H and O–H groups in total. The molecule has 0 aliphatic carbocycles. The van der Waals surface area contributed by atoms with Crippen LogP contribution in [0.1, 0.15) is 17.4 Å². The maximum Gasteiger partial charge on any atom is 0.355 e. The maximum absolute atomic E-state index is 12.4. The lowest BCUT2D eigenvalue weighted by atomic mass is 10.4. The zero-order chi connectivity index (χ0) is 10.8. The van der Waals surface area contributed by atoms with Gasteiger partial charge in [0.25, 0.3) is 5.92 Å². The number of thiazole rings is 1. The smallest absolute Gasteiger partial charge is 0.355 e. The van der Waals surface area contributed by atoms with Crippen molar-refractivity contribution in [3.8, 4) is 0 Å². The van der Waals surface area contributed by atoms with Crippen LogP contribution in [0.5, 0.6) is 0 Å². The van der Waals surface area contributed by atoms with Crippen molar-refractivity contribution < 1.29 is 18.7 Å². The first-order chi connectivity index (χ1) is 6.38. The minimum atomic E-state index is -2.84. The third-order valence-corrected chi connectivity index (χ3v) is 2.07. The van der Waals surface area contributed by atoms with Crippen LogP contribution in [0.25, 0.3) is 0 Å². The molecule has 1 heterocycles. The topological polar surface area (TPSA) is 62.2 Å². The predicted octanol–water partition coefficient (Wildman–Crippen LogP) is 1.91. The Morgan fingerprint density at radius 3 is 2.86 bits per heavy atom. The molecule has 0 atom stereocenters. The molecule has 0 aliphatic heterocycles. The molecule has 1 rings (SSSR count). The summed E-state index contributed by atoms with van der Waals surface area (Å²) in [5, 5.41) is 12.3. The van der Waals surface area contributed by atoms with E-state index >= 15 is 0 Å². The van der Waals surface area contributed by atoms with Crippen LogP contribution in [0.15, 0.2) is 5.38 Å². The molecule has 0 radical (unpaired) electrons. The Labute approximate surface area is 82.6 Å². The maximum atomic E-state index is 12.4. The summed E-state index contributed by atoms with van der Waals surface area (Å²) in [4.78, 5) is 14.0. The van der Waals surface area contributed by atoms with E-state index in [1.165, 1.54) is 5.38 Å². The van der Waals surface area contributed by atoms with Gasteiger partial charge in [0, 0.05) is 12.3 Å². The summed E-state index contributed by atoms with van der Waals surface area (Å²) in [6.07, 6.45) is 0. The van der Waals surface area contributed by atoms with Gasteiger partial charge in [0.05, 0.1) is 6.54 Å². The molecule has 1 aromatic rings. The fourth-order valence-corrected chi connectivity index (χ4v) is 1.37. The normalized spacial score (nSPS) is 11.4. The van der Waals surface area contributed by atoms with Gasteiger partial charge >= 0.3 is 5.97 Å². The molecule has 0 spiro atoms. The van der Waals surface area contributed by atoms with E-state index in [1.807, 2.05) is 0 Å². The Bertz CT molecular complexity index is 335. The number of carboxylic acid groups (broad SMARTS) is 1. The van der Waals surface area contributed by atoms with Crippen molar-refractivity contribution in [3.63, 3.8) is 0 Å². The molecule has 0 aliphatic rings. The molecule has 1 aromatic heterocycles. The largest absolute Gasteiger partial charge is 0.476 e. The number of alkyl halides is 2. The van der Waals surface area contributed by atoms with E-state index < -0.39 is 18.4 Å². The fraction of sp³-hybridized carbons (Fsp3) is 0.429. The van der Waals surface area contributed by atoms with Gasteiger partial charge < -0.3 is 10.4 Å². The zero-order valence-electron chi connectivity index (χ0n) is 7.25. The third-order valence-electron chi connectivity index (χ3n) is 1.27. The summed E-state index contributed by atoms with van der Waals surface area (Å²) in [6.45, 7) is 0.214. The Balaban J connectivity index is 2.56. The lowest BCUT2D eigenvalue weighted by Crippen LogP contribution is -2.22. The summed E-state index contributed by atoms with van der Waals surface area (Å²) >= 11 is 0.982. The second-order valence-electron chi connectivity index (χ2n) is 2.77. The summed E-state index contributed by atoms with van der Waals surface area (Å²) < 4.78 is 24.7. The van der Waals surface area contributed by atoms with Crippen molar-refractivity contribution in [2.24, 2.45) is 0 Å². The monoisotopic (exact) mass is 222 g/mol. The van der Waals surface area contributed by atoms with Crippen LogP contribution < -0.4 is 5.32 Å². The Kier molecular flexibility index (Phi) is 3.00. The SMILES string of the molecule is CC(F)(F)CNc1nc(C(=O)O)cs1. The minimum Gasteiger partial charge on any atom is -0.476 e. The quantitative estimate of drug-likeness (QED) is 0.816. The van der Waals surface area contributed by atoms with Crippen molar-refractivity contribution in [1.29, 1.82) is 0 Å². The zero-order valence-corrected chi connectivity index (χ0v) is 8.07. The van der Waals surface area contributed by atoms with Crippen molar-refractivity contribution >= 4 is 22.4 Å². The molecule has 0 bridgehead atoms. The van der Waals surface area contributed by atoms with Gasteiger partial charge in [-0.05, 0) is 0 Å². The highest BCUT2D eigenvalue weighted by Gasteiger charge is 2.21. The Morgan fingerprint density at radius 1 is 1.79 bits per heavy atom. The molecule has 0 fully saturated rings. The highest BCUT2D eigenvalue weighted by atomic mass is 32.1. The van der Waals surface area contributed by atoms with Crippen LogP contribution in [0.3, 0.4) is 0 Å². The van der Waals surface area contributed by atoms with Crippen LogP contribution in [-0.4, -0.2) is 28.5 Å². The second-order valence-corrected chi connectivity index (χ2v) is 3.62. The molecule has 0 aromatic carbocycles. The van der Waals surface area contributed by atoms with Crippen LogP contribution in [0.4, 0.5) is 13.9 Å². The number of aromatic nitrogens is 1. The van der Waals surface area contributed by atoms with E-state index in [2.05, 4.69) is 10.3 Å². The first-order valence-corrected chi connectivity index (χ1v) is 4.57. The van der Waals surface area contributed by atoms with Gasteiger partial charge in [0.1, 0.15) is 0 Å². The van der Waals surface area contributed by atoms with E-state index in [-0.39, 0.29) is 10.8 Å². The molecule has 0 unspecified atom stereocenters. The third kappa shape index (κ3) is 3.25. The molecule has 0 amide bonds. The number of hydrogen-bond donors (Lipinski definition) is 2. The number of carboxylic acids is 1. The Morgan fingerprint density at radius 2 is 2.43 bits per heavy atom. The Hall–Kier alpha value is -1.24. The molecule has 78 valence electrons. The number of aromatic carboxylic acids is 1. The van der Waals surface area contributed by atoms with E-state index in [1.54, 1.807) is 0 Å². The van der Waals surface area contributed by atoms with Gasteiger partial charge in [-0.2, -0.15) is 0 Å². The van der Waals surface area contributed by atoms with E-state index in [9.17, 15) is 13.6 Å². The van der Waals surface area contributed by atoms with Gasteiger partial charge in [-0.15, -0.1) is 11.3 Å². The molecule has 4 nitrogen and oxygen atoms in total. The fourth-order valence-electron chi connectivity index (χ4n) is 0.684. The lowest BCUT2D eigenvalue weighted by Gasteiger charge is -2.09. The van der Waals surface area contributed by atoms with Crippen LogP contribution in [0, 0.1) is 0 Å². The van der Waals surface area contributed by atoms with Gasteiger partial charge in [-0.1, -0.05) is 0 Å². The second kappa shape index (κ2) is 3.87. The van der Waals surface area contributed by atoms with Crippen molar-refractivity contribution in [1.82, 2.24) is 4.98 Å². The van der Waals surface area contributed by atoms with Crippen LogP contribution >= 0.6 is 11.3 Å². The van der Waals surface area contributed by atoms with E-state index in [4.69, 9.17) is 5.11 Å². The van der Waals surface area contributed by atoms with Gasteiger partial charge in [-0.25, -0.2) is 18.6 Å².